The van der Waals surface area contributed by atoms with Crippen molar-refractivity contribution in [2.24, 2.45) is 0 Å². The second-order valence-electron chi connectivity index (χ2n) is 6.67. The van der Waals surface area contributed by atoms with Crippen LogP contribution in [0.1, 0.15) is 28.8 Å². The average Bonchev–Trinajstić information content (AvgIpc) is 3.21. The summed E-state index contributed by atoms with van der Waals surface area (Å²) in [5, 5.41) is 5.63. The zero-order valence-corrected chi connectivity index (χ0v) is 17.3. The molecule has 1 unspecified atom stereocenters. The minimum atomic E-state index is -0.294. The van der Waals surface area contributed by atoms with Crippen molar-refractivity contribution in [3.63, 3.8) is 0 Å². The van der Waals surface area contributed by atoms with Gasteiger partial charge in [0.2, 0.25) is 0 Å². The third-order valence-corrected chi connectivity index (χ3v) is 5.31. The summed E-state index contributed by atoms with van der Waals surface area (Å²) in [5.41, 5.74) is 2.06. The van der Waals surface area contributed by atoms with Crippen LogP contribution in [0, 0.1) is 6.92 Å². The number of anilines is 1. The highest BCUT2D eigenvalue weighted by Crippen LogP contribution is 2.21. The minimum Gasteiger partial charge on any atom is -0.484 e. The van der Waals surface area contributed by atoms with Gasteiger partial charge in [0.25, 0.3) is 11.8 Å². The first-order valence-corrected chi connectivity index (χ1v) is 9.99. The van der Waals surface area contributed by atoms with Crippen LogP contribution in [0.4, 0.5) is 5.69 Å². The topological polar surface area (TPSA) is 76.7 Å². The third-order valence-electron chi connectivity index (χ3n) is 4.42. The van der Waals surface area contributed by atoms with Crippen LogP contribution in [0.15, 0.2) is 46.9 Å². The lowest BCUT2D eigenvalue weighted by atomic mass is 10.1. The predicted octanol–water partition coefficient (Wildman–Crippen LogP) is 3.68. The highest BCUT2D eigenvalue weighted by molar-refractivity contribution is 9.10. The maximum Gasteiger partial charge on any atom is 0.262 e. The molecule has 7 heteroatoms. The lowest BCUT2D eigenvalue weighted by molar-refractivity contribution is -0.118. The van der Waals surface area contributed by atoms with Gasteiger partial charge < -0.3 is 20.1 Å². The molecule has 3 rings (SSSR count). The molecule has 1 aliphatic heterocycles. The van der Waals surface area contributed by atoms with Crippen LogP contribution in [0.2, 0.25) is 0 Å². The van der Waals surface area contributed by atoms with Gasteiger partial charge in [0, 0.05) is 28.9 Å². The van der Waals surface area contributed by atoms with Crippen molar-refractivity contribution in [1.82, 2.24) is 5.32 Å². The number of carbonyl (C=O) groups is 2. The van der Waals surface area contributed by atoms with Crippen LogP contribution in [0.3, 0.4) is 0 Å². The van der Waals surface area contributed by atoms with Crippen molar-refractivity contribution in [3.8, 4) is 5.75 Å². The van der Waals surface area contributed by atoms with Gasteiger partial charge in [-0.15, -0.1) is 0 Å². The molecule has 148 valence electrons. The summed E-state index contributed by atoms with van der Waals surface area (Å²) >= 11 is 3.43. The van der Waals surface area contributed by atoms with Crippen LogP contribution in [0.25, 0.3) is 0 Å². The van der Waals surface area contributed by atoms with E-state index in [0.717, 1.165) is 29.5 Å². The molecule has 1 aliphatic rings. The number of aryl methyl sites for hydroxylation is 1. The van der Waals surface area contributed by atoms with Gasteiger partial charge in [-0.25, -0.2) is 0 Å². The first-order valence-electron chi connectivity index (χ1n) is 9.20. The Morgan fingerprint density at radius 2 is 2.11 bits per heavy atom. The van der Waals surface area contributed by atoms with E-state index in [1.807, 2.05) is 19.1 Å². The standard InChI is InChI=1S/C21H23BrN2O4/c1-14-10-17(7-8-19(14)22)28-13-20(25)24-16-5-2-4-15(11-16)21(26)23-12-18-6-3-9-27-18/h2,4-5,7-8,10-11,18H,3,6,9,12-13H2,1H3,(H,23,26)(H,24,25). The second kappa shape index (κ2) is 9.71. The number of hydrogen-bond donors (Lipinski definition) is 2. The Kier molecular flexibility index (Phi) is 7.06. The number of rotatable bonds is 7. The van der Waals surface area contributed by atoms with Gasteiger partial charge in [-0.1, -0.05) is 22.0 Å². The van der Waals surface area contributed by atoms with E-state index in [0.29, 0.717) is 23.5 Å². The van der Waals surface area contributed by atoms with Crippen molar-refractivity contribution in [3.05, 3.63) is 58.1 Å². The summed E-state index contributed by atoms with van der Waals surface area (Å²) in [6.45, 7) is 3.09. The molecule has 0 aromatic heterocycles. The predicted molar refractivity (Wildman–Crippen MR) is 111 cm³/mol. The molecular formula is C21H23BrN2O4. The first-order chi connectivity index (χ1) is 13.5. The van der Waals surface area contributed by atoms with E-state index in [4.69, 9.17) is 9.47 Å². The van der Waals surface area contributed by atoms with E-state index >= 15 is 0 Å². The fraction of sp³-hybridized carbons (Fsp3) is 0.333. The van der Waals surface area contributed by atoms with Gasteiger partial charge in [-0.3, -0.25) is 9.59 Å². The Morgan fingerprint density at radius 1 is 1.25 bits per heavy atom. The average molecular weight is 447 g/mol. The van der Waals surface area contributed by atoms with E-state index < -0.39 is 0 Å². The molecule has 2 N–H and O–H groups in total. The van der Waals surface area contributed by atoms with Gasteiger partial charge in [-0.05, 0) is 61.7 Å². The molecule has 1 fully saturated rings. The van der Waals surface area contributed by atoms with Gasteiger partial charge >= 0.3 is 0 Å². The van der Waals surface area contributed by atoms with Crippen molar-refractivity contribution in [1.29, 1.82) is 0 Å². The summed E-state index contributed by atoms with van der Waals surface area (Å²) in [7, 11) is 0. The van der Waals surface area contributed by atoms with Gasteiger partial charge in [-0.2, -0.15) is 0 Å². The Labute approximate surface area is 172 Å². The molecule has 0 spiro atoms. The Balaban J connectivity index is 1.50. The number of amides is 2. The number of hydrogen-bond acceptors (Lipinski definition) is 4. The molecule has 6 nitrogen and oxygen atoms in total. The molecular weight excluding hydrogens is 424 g/mol. The van der Waals surface area contributed by atoms with E-state index in [1.54, 1.807) is 30.3 Å². The normalized spacial score (nSPS) is 15.9. The van der Waals surface area contributed by atoms with Crippen LogP contribution in [-0.2, 0) is 9.53 Å². The molecule has 1 atom stereocenters. The SMILES string of the molecule is Cc1cc(OCC(=O)Nc2cccc(C(=O)NCC3CCCO3)c2)ccc1Br. The number of benzene rings is 2. The number of halogens is 1. The first kappa shape index (κ1) is 20.4. The molecule has 28 heavy (non-hydrogen) atoms. The fourth-order valence-corrected chi connectivity index (χ4v) is 3.15. The van der Waals surface area contributed by atoms with E-state index in [2.05, 4.69) is 26.6 Å². The summed E-state index contributed by atoms with van der Waals surface area (Å²) in [4.78, 5) is 24.5. The maximum atomic E-state index is 12.3. The second-order valence-corrected chi connectivity index (χ2v) is 7.53. The van der Waals surface area contributed by atoms with Crippen LogP contribution in [-0.4, -0.2) is 37.7 Å². The largest absolute Gasteiger partial charge is 0.484 e. The molecule has 1 heterocycles. The van der Waals surface area contributed by atoms with Gasteiger partial charge in [0.15, 0.2) is 6.61 Å². The van der Waals surface area contributed by atoms with Crippen molar-refractivity contribution in [2.75, 3.05) is 25.1 Å². The lowest BCUT2D eigenvalue weighted by Crippen LogP contribution is -2.31. The highest BCUT2D eigenvalue weighted by Gasteiger charge is 2.17. The van der Waals surface area contributed by atoms with E-state index in [-0.39, 0.29) is 24.5 Å². The van der Waals surface area contributed by atoms with E-state index in [1.165, 1.54) is 0 Å². The molecule has 2 amide bonds. The molecule has 0 saturated carbocycles. The van der Waals surface area contributed by atoms with Crippen LogP contribution in [0.5, 0.6) is 5.75 Å². The quantitative estimate of drug-likeness (QED) is 0.679. The number of ether oxygens (including phenoxy) is 2. The smallest absolute Gasteiger partial charge is 0.262 e. The monoisotopic (exact) mass is 446 g/mol. The Bertz CT molecular complexity index is 850. The van der Waals surface area contributed by atoms with Crippen molar-refractivity contribution in [2.45, 2.75) is 25.9 Å². The minimum absolute atomic E-state index is 0.0891. The van der Waals surface area contributed by atoms with Crippen molar-refractivity contribution < 1.29 is 19.1 Å². The van der Waals surface area contributed by atoms with Gasteiger partial charge in [0.05, 0.1) is 6.10 Å². The maximum absolute atomic E-state index is 12.3. The highest BCUT2D eigenvalue weighted by atomic mass is 79.9. The fourth-order valence-electron chi connectivity index (χ4n) is 2.91. The van der Waals surface area contributed by atoms with E-state index in [9.17, 15) is 9.59 Å². The number of carbonyl (C=O) groups excluding carboxylic acids is 2. The summed E-state index contributed by atoms with van der Waals surface area (Å²) in [6, 6.07) is 12.4. The third kappa shape index (κ3) is 5.81. The zero-order chi connectivity index (χ0) is 19.9. The molecule has 0 radical (unpaired) electrons. The molecule has 2 aromatic rings. The molecule has 0 bridgehead atoms. The summed E-state index contributed by atoms with van der Waals surface area (Å²) in [5.74, 6) is 0.142. The molecule has 2 aromatic carbocycles. The molecule has 0 aliphatic carbocycles. The Hall–Kier alpha value is -2.38. The number of nitrogens with one attached hydrogen (secondary N) is 2. The molecule has 1 saturated heterocycles. The van der Waals surface area contributed by atoms with Crippen LogP contribution >= 0.6 is 15.9 Å². The summed E-state index contributed by atoms with van der Waals surface area (Å²) in [6.07, 6.45) is 2.09. The van der Waals surface area contributed by atoms with Crippen molar-refractivity contribution >= 4 is 33.4 Å². The Morgan fingerprint density at radius 3 is 2.86 bits per heavy atom. The zero-order valence-electron chi connectivity index (χ0n) is 15.7. The lowest BCUT2D eigenvalue weighted by Gasteiger charge is -2.12. The summed E-state index contributed by atoms with van der Waals surface area (Å²) < 4.78 is 12.0. The van der Waals surface area contributed by atoms with Crippen LogP contribution < -0.4 is 15.4 Å². The van der Waals surface area contributed by atoms with Gasteiger partial charge in [0.1, 0.15) is 5.75 Å².